The standard InChI is InChI=1S/C18H18F2O5/c1-8-7-9(2)13(18(23)25-4)14(12(8)17(22)24-3)10-5-6-11(21)16(20)15(10)19/h5-6,14,21H,7H2,1-4H3. The van der Waals surface area contributed by atoms with Gasteiger partial charge in [0, 0.05) is 16.7 Å². The number of carbonyl (C=O) groups excluding carboxylic acids is 2. The van der Waals surface area contributed by atoms with Crippen molar-refractivity contribution in [3.63, 3.8) is 0 Å². The van der Waals surface area contributed by atoms with Gasteiger partial charge in [0.2, 0.25) is 5.82 Å². The van der Waals surface area contributed by atoms with Crippen molar-refractivity contribution in [3.8, 4) is 5.75 Å². The SMILES string of the molecule is COC(=O)C1=C(C)CC(C)=C(C(=O)OC)C1c1ccc(O)c(F)c1F. The van der Waals surface area contributed by atoms with Crippen LogP contribution < -0.4 is 0 Å². The Hall–Kier alpha value is -2.70. The Morgan fingerprint density at radius 3 is 1.92 bits per heavy atom. The van der Waals surface area contributed by atoms with E-state index in [2.05, 4.69) is 0 Å². The molecule has 5 nitrogen and oxygen atoms in total. The van der Waals surface area contributed by atoms with Crippen LogP contribution in [-0.4, -0.2) is 31.3 Å². The van der Waals surface area contributed by atoms with Crippen LogP contribution in [0.5, 0.6) is 5.75 Å². The minimum atomic E-state index is -1.45. The Morgan fingerprint density at radius 1 is 1.00 bits per heavy atom. The number of benzene rings is 1. The molecule has 0 spiro atoms. The lowest BCUT2D eigenvalue weighted by molar-refractivity contribution is -0.137. The molecule has 0 aliphatic heterocycles. The molecule has 0 saturated carbocycles. The first-order valence-electron chi connectivity index (χ1n) is 7.47. The number of halogens is 2. The molecule has 0 aromatic heterocycles. The maximum Gasteiger partial charge on any atom is 0.334 e. The van der Waals surface area contributed by atoms with Gasteiger partial charge in [-0.1, -0.05) is 17.2 Å². The van der Waals surface area contributed by atoms with E-state index in [0.29, 0.717) is 17.6 Å². The third-order valence-corrected chi connectivity index (χ3v) is 4.24. The maximum atomic E-state index is 14.5. The summed E-state index contributed by atoms with van der Waals surface area (Å²) in [4.78, 5) is 24.5. The van der Waals surface area contributed by atoms with Gasteiger partial charge in [-0.3, -0.25) is 0 Å². The molecular weight excluding hydrogens is 334 g/mol. The van der Waals surface area contributed by atoms with E-state index < -0.39 is 35.2 Å². The lowest BCUT2D eigenvalue weighted by Gasteiger charge is -2.29. The summed E-state index contributed by atoms with van der Waals surface area (Å²) < 4.78 is 37.9. The Balaban J connectivity index is 2.80. The zero-order valence-electron chi connectivity index (χ0n) is 14.3. The molecule has 2 rings (SSSR count). The normalized spacial score (nSPS) is 15.4. The Morgan fingerprint density at radius 2 is 1.48 bits per heavy atom. The van der Waals surface area contributed by atoms with E-state index in [1.165, 1.54) is 0 Å². The predicted octanol–water partition coefficient (Wildman–Crippen LogP) is 3.14. The number of allylic oxidation sites excluding steroid dienone is 2. The van der Waals surface area contributed by atoms with Crippen LogP contribution in [0.3, 0.4) is 0 Å². The monoisotopic (exact) mass is 352 g/mol. The van der Waals surface area contributed by atoms with Gasteiger partial charge in [-0.2, -0.15) is 4.39 Å². The summed E-state index contributed by atoms with van der Waals surface area (Å²) in [6.07, 6.45) is 0.299. The van der Waals surface area contributed by atoms with Gasteiger partial charge < -0.3 is 14.6 Å². The van der Waals surface area contributed by atoms with Crippen LogP contribution in [0.15, 0.2) is 34.4 Å². The van der Waals surface area contributed by atoms with Gasteiger partial charge in [-0.25, -0.2) is 14.0 Å². The van der Waals surface area contributed by atoms with Crippen LogP contribution in [0.1, 0.15) is 31.7 Å². The lowest BCUT2D eigenvalue weighted by atomic mass is 9.75. The fourth-order valence-corrected chi connectivity index (χ4v) is 3.12. The molecule has 134 valence electrons. The molecule has 0 heterocycles. The first-order chi connectivity index (χ1) is 11.7. The zero-order valence-corrected chi connectivity index (χ0v) is 14.3. The van der Waals surface area contributed by atoms with Gasteiger partial charge >= 0.3 is 11.9 Å². The molecule has 25 heavy (non-hydrogen) atoms. The van der Waals surface area contributed by atoms with E-state index in [1.54, 1.807) is 13.8 Å². The molecule has 7 heteroatoms. The summed E-state index contributed by atoms with van der Waals surface area (Å²) in [5, 5.41) is 9.35. The number of phenolic OH excluding ortho intramolecular Hbond substituents is 1. The van der Waals surface area contributed by atoms with Crippen molar-refractivity contribution in [2.24, 2.45) is 0 Å². The highest BCUT2D eigenvalue weighted by atomic mass is 19.2. The van der Waals surface area contributed by atoms with E-state index in [-0.39, 0.29) is 16.7 Å². The lowest BCUT2D eigenvalue weighted by Crippen LogP contribution is -2.26. The van der Waals surface area contributed by atoms with Crippen molar-refractivity contribution in [1.82, 2.24) is 0 Å². The van der Waals surface area contributed by atoms with Crippen molar-refractivity contribution in [1.29, 1.82) is 0 Å². The molecule has 1 aliphatic rings. The van der Waals surface area contributed by atoms with Crippen LogP contribution in [0.4, 0.5) is 8.78 Å². The molecule has 0 bridgehead atoms. The Bertz CT molecular complexity index is 770. The second-order valence-corrected chi connectivity index (χ2v) is 5.78. The molecule has 1 N–H and O–H groups in total. The Kier molecular flexibility index (Phi) is 5.25. The number of methoxy groups -OCH3 is 2. The van der Waals surface area contributed by atoms with Crippen LogP contribution in [0, 0.1) is 11.6 Å². The summed E-state index contributed by atoms with van der Waals surface area (Å²) >= 11 is 0. The molecule has 1 aliphatic carbocycles. The van der Waals surface area contributed by atoms with Gasteiger partial charge in [-0.05, 0) is 26.3 Å². The number of hydrogen-bond donors (Lipinski definition) is 1. The molecule has 0 radical (unpaired) electrons. The van der Waals surface area contributed by atoms with Crippen LogP contribution in [-0.2, 0) is 19.1 Å². The first-order valence-corrected chi connectivity index (χ1v) is 7.47. The smallest absolute Gasteiger partial charge is 0.334 e. The van der Waals surface area contributed by atoms with E-state index in [0.717, 1.165) is 26.4 Å². The highest BCUT2D eigenvalue weighted by Gasteiger charge is 2.39. The van der Waals surface area contributed by atoms with Crippen molar-refractivity contribution < 1.29 is 33.0 Å². The van der Waals surface area contributed by atoms with E-state index >= 15 is 0 Å². The average Bonchev–Trinajstić information content (AvgIpc) is 2.58. The van der Waals surface area contributed by atoms with E-state index in [9.17, 15) is 23.5 Å². The average molecular weight is 352 g/mol. The largest absolute Gasteiger partial charge is 0.505 e. The van der Waals surface area contributed by atoms with Crippen molar-refractivity contribution in [3.05, 3.63) is 51.6 Å². The minimum absolute atomic E-state index is 0.0532. The molecule has 0 fully saturated rings. The molecule has 1 aromatic carbocycles. The van der Waals surface area contributed by atoms with Crippen LogP contribution in [0.2, 0.25) is 0 Å². The molecule has 0 atom stereocenters. The van der Waals surface area contributed by atoms with Crippen LogP contribution >= 0.6 is 0 Å². The molecule has 0 saturated heterocycles. The highest BCUT2D eigenvalue weighted by molar-refractivity contribution is 6.00. The molecule has 0 amide bonds. The number of ether oxygens (including phenoxy) is 2. The molecular formula is C18H18F2O5. The fraction of sp³-hybridized carbons (Fsp3) is 0.333. The number of phenols is 1. The topological polar surface area (TPSA) is 72.8 Å². The van der Waals surface area contributed by atoms with E-state index in [1.807, 2.05) is 0 Å². The molecule has 1 aromatic rings. The zero-order chi connectivity index (χ0) is 18.9. The third kappa shape index (κ3) is 3.14. The van der Waals surface area contributed by atoms with E-state index in [4.69, 9.17) is 9.47 Å². The van der Waals surface area contributed by atoms with Gasteiger partial charge in [0.25, 0.3) is 0 Å². The summed E-state index contributed by atoms with van der Waals surface area (Å²) in [7, 11) is 2.33. The predicted molar refractivity (Wildman–Crippen MR) is 84.8 cm³/mol. The van der Waals surface area contributed by atoms with Gasteiger partial charge in [0.1, 0.15) is 0 Å². The first kappa shape index (κ1) is 18.6. The van der Waals surface area contributed by atoms with Crippen molar-refractivity contribution in [2.75, 3.05) is 14.2 Å². The second-order valence-electron chi connectivity index (χ2n) is 5.78. The number of rotatable bonds is 3. The summed E-state index contributed by atoms with van der Waals surface area (Å²) in [6, 6.07) is 2.10. The van der Waals surface area contributed by atoms with Crippen LogP contribution in [0.25, 0.3) is 0 Å². The van der Waals surface area contributed by atoms with Gasteiger partial charge in [0.15, 0.2) is 11.6 Å². The summed E-state index contributed by atoms with van der Waals surface area (Å²) in [5.41, 5.74) is 1.01. The number of carbonyl (C=O) groups is 2. The number of esters is 2. The second kappa shape index (κ2) is 7.04. The number of aromatic hydroxyl groups is 1. The quantitative estimate of drug-likeness (QED) is 0.846. The molecule has 0 unspecified atom stereocenters. The number of hydrogen-bond acceptors (Lipinski definition) is 5. The van der Waals surface area contributed by atoms with Gasteiger partial charge in [0.05, 0.1) is 20.1 Å². The van der Waals surface area contributed by atoms with Gasteiger partial charge in [-0.15, -0.1) is 0 Å². The third-order valence-electron chi connectivity index (χ3n) is 4.24. The van der Waals surface area contributed by atoms with Crippen molar-refractivity contribution >= 4 is 11.9 Å². The fourth-order valence-electron chi connectivity index (χ4n) is 3.12. The summed E-state index contributed by atoms with van der Waals surface area (Å²) in [5.74, 6) is -6.34. The highest BCUT2D eigenvalue weighted by Crippen LogP contribution is 2.44. The van der Waals surface area contributed by atoms with Crippen molar-refractivity contribution in [2.45, 2.75) is 26.2 Å². The minimum Gasteiger partial charge on any atom is -0.505 e. The summed E-state index contributed by atoms with van der Waals surface area (Å²) in [6.45, 7) is 3.32. The Labute approximate surface area is 143 Å². The maximum absolute atomic E-state index is 14.5.